The highest BCUT2D eigenvalue weighted by Gasteiger charge is 2.33. The van der Waals surface area contributed by atoms with Crippen molar-refractivity contribution >= 4 is 23.2 Å². The van der Waals surface area contributed by atoms with Gasteiger partial charge in [-0.15, -0.1) is 0 Å². The number of amides is 2. The number of carbonyl (C=O) groups excluding carboxylic acids is 1. The van der Waals surface area contributed by atoms with E-state index in [1.165, 1.54) is 6.07 Å². The summed E-state index contributed by atoms with van der Waals surface area (Å²) >= 11 is 0. The average molecular weight is 428 g/mol. The maximum atomic E-state index is 14.4. The van der Waals surface area contributed by atoms with E-state index < -0.39 is 11.6 Å². The fourth-order valence-electron chi connectivity index (χ4n) is 4.47. The lowest BCUT2D eigenvalue weighted by atomic mass is 10.0. The molecule has 1 N–H and O–H groups in total. The molecule has 3 aromatic rings. The van der Waals surface area contributed by atoms with E-state index in [-0.39, 0.29) is 25.2 Å². The first kappa shape index (κ1) is 19.7. The molecular weight excluding hydrogens is 406 g/mol. The van der Waals surface area contributed by atoms with E-state index in [9.17, 15) is 13.6 Å². The number of rotatable bonds is 5. The van der Waals surface area contributed by atoms with Gasteiger partial charge in [-0.1, -0.05) is 0 Å². The number of β-amino-alcohol motifs (C(OH)–C–C–N with tert-alkyl or cyclic N) is 1. The minimum Gasteiger partial charge on any atom is -0.395 e. The van der Waals surface area contributed by atoms with E-state index in [0.29, 0.717) is 48.8 Å². The van der Waals surface area contributed by atoms with Crippen molar-refractivity contribution < 1.29 is 18.7 Å². The van der Waals surface area contributed by atoms with Gasteiger partial charge in [0, 0.05) is 37.9 Å². The topological polar surface area (TPSA) is 77.2 Å². The summed E-state index contributed by atoms with van der Waals surface area (Å²) in [7, 11) is 0. The molecule has 2 aromatic heterocycles. The molecular formula is C21H22F2N6O2. The quantitative estimate of drug-likeness (QED) is 0.676. The number of fused-ring (bicyclic) bond motifs is 1. The van der Waals surface area contributed by atoms with Gasteiger partial charge in [0.25, 0.3) is 0 Å². The van der Waals surface area contributed by atoms with Crippen molar-refractivity contribution in [3.8, 4) is 0 Å². The molecule has 10 heteroatoms. The van der Waals surface area contributed by atoms with E-state index in [1.807, 2.05) is 4.90 Å². The second-order valence-corrected chi connectivity index (χ2v) is 7.75. The fraction of sp³-hybridized carbons (Fsp3) is 0.381. The highest BCUT2D eigenvalue weighted by atomic mass is 19.1. The molecule has 2 saturated heterocycles. The van der Waals surface area contributed by atoms with E-state index in [1.54, 1.807) is 32.8 Å². The Hall–Kier alpha value is -3.27. The number of urea groups is 1. The Labute approximate surface area is 177 Å². The molecule has 1 aromatic carbocycles. The summed E-state index contributed by atoms with van der Waals surface area (Å²) in [5, 5.41) is 13.5. The van der Waals surface area contributed by atoms with Crippen LogP contribution in [0.25, 0.3) is 5.65 Å². The lowest BCUT2D eigenvalue weighted by Gasteiger charge is -2.26. The van der Waals surface area contributed by atoms with Crippen LogP contribution in [0.15, 0.2) is 36.7 Å². The van der Waals surface area contributed by atoms with Gasteiger partial charge >= 0.3 is 6.03 Å². The second kappa shape index (κ2) is 7.77. The highest BCUT2D eigenvalue weighted by Crippen LogP contribution is 2.37. The average Bonchev–Trinajstić information content (AvgIpc) is 3.49. The molecule has 2 aliphatic rings. The maximum Gasteiger partial charge on any atom is 0.324 e. The Morgan fingerprint density at radius 3 is 2.87 bits per heavy atom. The number of hydrogen-bond acceptors (Lipinski definition) is 5. The smallest absolute Gasteiger partial charge is 0.324 e. The van der Waals surface area contributed by atoms with Gasteiger partial charge in [0.15, 0.2) is 5.65 Å². The van der Waals surface area contributed by atoms with E-state index >= 15 is 0 Å². The summed E-state index contributed by atoms with van der Waals surface area (Å²) in [4.78, 5) is 22.6. The Bertz CT molecular complexity index is 1140. The predicted molar refractivity (Wildman–Crippen MR) is 110 cm³/mol. The third-order valence-electron chi connectivity index (χ3n) is 5.96. The molecule has 0 aliphatic carbocycles. The van der Waals surface area contributed by atoms with Crippen LogP contribution in [0.3, 0.4) is 0 Å². The highest BCUT2D eigenvalue weighted by molar-refractivity contribution is 5.97. The Morgan fingerprint density at radius 2 is 2.03 bits per heavy atom. The van der Waals surface area contributed by atoms with Gasteiger partial charge in [0.1, 0.15) is 23.1 Å². The molecule has 5 rings (SSSR count). The molecule has 0 spiro atoms. The number of anilines is 2. The zero-order valence-corrected chi connectivity index (χ0v) is 16.8. The van der Waals surface area contributed by atoms with Crippen LogP contribution in [-0.4, -0.2) is 63.4 Å². The molecule has 162 valence electrons. The second-order valence-electron chi connectivity index (χ2n) is 7.75. The zero-order chi connectivity index (χ0) is 21.5. The number of aliphatic hydroxyl groups excluding tert-OH is 1. The van der Waals surface area contributed by atoms with Crippen molar-refractivity contribution in [2.24, 2.45) is 0 Å². The van der Waals surface area contributed by atoms with Crippen molar-refractivity contribution in [3.05, 3.63) is 53.9 Å². The van der Waals surface area contributed by atoms with Crippen LogP contribution in [0, 0.1) is 11.6 Å². The number of aromatic nitrogens is 3. The van der Waals surface area contributed by atoms with Crippen LogP contribution >= 0.6 is 0 Å². The predicted octanol–water partition coefficient (Wildman–Crippen LogP) is 2.58. The molecule has 2 amide bonds. The first-order valence-electron chi connectivity index (χ1n) is 10.3. The van der Waals surface area contributed by atoms with Crippen molar-refractivity contribution in [2.75, 3.05) is 42.6 Å². The molecule has 1 unspecified atom stereocenters. The molecule has 0 radical (unpaired) electrons. The summed E-state index contributed by atoms with van der Waals surface area (Å²) in [6.45, 7) is 1.85. The standard InChI is InChI=1S/C21H22F2N6O2/c22-14-3-4-16(23)15(12-14)17-2-1-6-27(17)19-5-7-29-20(25-19)18(13-24-29)28-9-8-26(10-11-30)21(28)31/h3-5,7,12-13,17,30H,1-2,6,8-11H2. The number of benzene rings is 1. The molecule has 4 heterocycles. The summed E-state index contributed by atoms with van der Waals surface area (Å²) in [5.74, 6) is -0.278. The number of aliphatic hydroxyl groups is 1. The lowest BCUT2D eigenvalue weighted by molar-refractivity contribution is 0.199. The van der Waals surface area contributed by atoms with Crippen molar-refractivity contribution in [1.82, 2.24) is 19.5 Å². The first-order chi connectivity index (χ1) is 15.1. The third kappa shape index (κ3) is 3.36. The van der Waals surface area contributed by atoms with E-state index in [2.05, 4.69) is 5.10 Å². The molecule has 2 aliphatic heterocycles. The van der Waals surface area contributed by atoms with Gasteiger partial charge in [-0.2, -0.15) is 5.10 Å². The van der Waals surface area contributed by atoms with Crippen LogP contribution < -0.4 is 9.80 Å². The monoisotopic (exact) mass is 428 g/mol. The Kier molecular flexibility index (Phi) is 4.93. The van der Waals surface area contributed by atoms with Crippen LogP contribution in [-0.2, 0) is 0 Å². The van der Waals surface area contributed by atoms with Crippen molar-refractivity contribution in [1.29, 1.82) is 0 Å². The minimum absolute atomic E-state index is 0.0935. The summed E-state index contributed by atoms with van der Waals surface area (Å²) in [6.07, 6.45) is 4.88. The molecule has 31 heavy (non-hydrogen) atoms. The normalized spacial score (nSPS) is 19.3. The van der Waals surface area contributed by atoms with Gasteiger partial charge in [-0.3, -0.25) is 4.90 Å². The molecule has 0 bridgehead atoms. The first-order valence-corrected chi connectivity index (χ1v) is 10.3. The number of nitrogens with zero attached hydrogens (tertiary/aromatic N) is 6. The summed E-state index contributed by atoms with van der Waals surface area (Å²) < 4.78 is 29.8. The van der Waals surface area contributed by atoms with Crippen LogP contribution in [0.5, 0.6) is 0 Å². The van der Waals surface area contributed by atoms with Gasteiger partial charge in [0.2, 0.25) is 0 Å². The van der Waals surface area contributed by atoms with Crippen molar-refractivity contribution in [2.45, 2.75) is 18.9 Å². The molecule has 1 atom stereocenters. The van der Waals surface area contributed by atoms with Gasteiger partial charge < -0.3 is 14.9 Å². The summed E-state index contributed by atoms with van der Waals surface area (Å²) in [6, 6.07) is 4.81. The number of hydrogen-bond donors (Lipinski definition) is 1. The summed E-state index contributed by atoms with van der Waals surface area (Å²) in [5.41, 5.74) is 1.42. The molecule has 2 fully saturated rings. The van der Waals surface area contributed by atoms with E-state index in [0.717, 1.165) is 18.6 Å². The fourth-order valence-corrected chi connectivity index (χ4v) is 4.47. The SMILES string of the molecule is O=C1N(CCO)CCN1c1cnn2ccc(N3CCCC3c3cc(F)ccc3F)nc12. The van der Waals surface area contributed by atoms with Gasteiger partial charge in [-0.05, 0) is 37.1 Å². The Balaban J connectivity index is 1.49. The number of carbonyl (C=O) groups is 1. The van der Waals surface area contributed by atoms with E-state index in [4.69, 9.17) is 10.1 Å². The van der Waals surface area contributed by atoms with Crippen LogP contribution in [0.2, 0.25) is 0 Å². The lowest BCUT2D eigenvalue weighted by Crippen LogP contribution is -2.33. The largest absolute Gasteiger partial charge is 0.395 e. The zero-order valence-electron chi connectivity index (χ0n) is 16.8. The van der Waals surface area contributed by atoms with Gasteiger partial charge in [0.05, 0.1) is 18.8 Å². The van der Waals surface area contributed by atoms with Crippen LogP contribution in [0.1, 0.15) is 24.4 Å². The maximum absolute atomic E-state index is 14.4. The third-order valence-corrected chi connectivity index (χ3v) is 5.96. The van der Waals surface area contributed by atoms with Crippen molar-refractivity contribution in [3.63, 3.8) is 0 Å². The Morgan fingerprint density at radius 1 is 1.16 bits per heavy atom. The molecule has 8 nitrogen and oxygen atoms in total. The number of halogens is 2. The van der Waals surface area contributed by atoms with Gasteiger partial charge in [-0.25, -0.2) is 23.1 Å². The van der Waals surface area contributed by atoms with Crippen LogP contribution in [0.4, 0.5) is 25.1 Å². The molecule has 0 saturated carbocycles. The minimum atomic E-state index is -0.468.